The van der Waals surface area contributed by atoms with E-state index < -0.39 is 11.7 Å². The lowest BCUT2D eigenvalue weighted by Crippen LogP contribution is -2.41. The number of methoxy groups -OCH3 is 1. The number of benzene rings is 1. The predicted octanol–water partition coefficient (Wildman–Crippen LogP) is 4.62. The van der Waals surface area contributed by atoms with Gasteiger partial charge in [-0.3, -0.25) is 9.59 Å². The SMILES string of the molecule is CNC(=O)c1ccc(Nc2ncc(C(F)(F)F)c(CCCC3CCCCC3NC(C)=O)n2)c(OC)c1. The number of aryl methyl sites for hydroxylation is 1. The van der Waals surface area contributed by atoms with Crippen molar-refractivity contribution in [2.24, 2.45) is 5.92 Å². The molecule has 0 saturated heterocycles. The maximum absolute atomic E-state index is 13.7. The van der Waals surface area contributed by atoms with Crippen LogP contribution in [0.3, 0.4) is 0 Å². The minimum atomic E-state index is -4.58. The van der Waals surface area contributed by atoms with Crippen LogP contribution in [0.15, 0.2) is 24.4 Å². The van der Waals surface area contributed by atoms with Crippen LogP contribution >= 0.6 is 0 Å². The topological polar surface area (TPSA) is 105 Å². The molecule has 0 aliphatic heterocycles. The van der Waals surface area contributed by atoms with Crippen molar-refractivity contribution < 1.29 is 27.5 Å². The number of aromatic nitrogens is 2. The number of halogens is 3. The van der Waals surface area contributed by atoms with Gasteiger partial charge in [-0.15, -0.1) is 0 Å². The standard InChI is InChI=1S/C25H32F3N5O3/c1-15(34)31-19-9-5-4-7-16(19)8-6-10-20-18(25(26,27)28)14-30-24(32-20)33-21-12-11-17(23(35)29-2)13-22(21)36-3/h11-14,16,19H,4-10H2,1-3H3,(H,29,35)(H,31,34)(H,30,32,33). The Bertz CT molecular complexity index is 1080. The van der Waals surface area contributed by atoms with E-state index in [-0.39, 0.29) is 41.8 Å². The van der Waals surface area contributed by atoms with Crippen LogP contribution in [0, 0.1) is 5.92 Å². The third-order valence-corrected chi connectivity index (χ3v) is 6.40. The molecule has 3 N–H and O–H groups in total. The number of anilines is 2. The summed E-state index contributed by atoms with van der Waals surface area (Å²) in [6, 6.07) is 4.72. The van der Waals surface area contributed by atoms with Crippen LogP contribution in [0.25, 0.3) is 0 Å². The zero-order valence-electron chi connectivity index (χ0n) is 20.7. The second-order valence-corrected chi connectivity index (χ2v) is 8.91. The molecule has 2 aromatic rings. The molecule has 0 bridgehead atoms. The van der Waals surface area contributed by atoms with Crippen LogP contribution < -0.4 is 20.7 Å². The quantitative estimate of drug-likeness (QED) is 0.457. The molecule has 2 unspecified atom stereocenters. The highest BCUT2D eigenvalue weighted by molar-refractivity contribution is 5.95. The molecule has 1 aliphatic carbocycles. The number of hydrogen-bond acceptors (Lipinski definition) is 6. The highest BCUT2D eigenvalue weighted by Gasteiger charge is 2.35. The Morgan fingerprint density at radius 1 is 1.19 bits per heavy atom. The lowest BCUT2D eigenvalue weighted by atomic mass is 9.81. The minimum Gasteiger partial charge on any atom is -0.495 e. The van der Waals surface area contributed by atoms with Crippen molar-refractivity contribution in [2.75, 3.05) is 19.5 Å². The van der Waals surface area contributed by atoms with Gasteiger partial charge in [-0.05, 0) is 56.2 Å². The first-order valence-corrected chi connectivity index (χ1v) is 12.0. The normalized spacial score (nSPS) is 17.8. The van der Waals surface area contributed by atoms with E-state index in [1.165, 1.54) is 27.1 Å². The van der Waals surface area contributed by atoms with E-state index in [1.807, 2.05) is 0 Å². The number of carbonyl (C=O) groups excluding carboxylic acids is 2. The molecule has 2 atom stereocenters. The minimum absolute atomic E-state index is 0.00205. The number of nitrogens with one attached hydrogen (secondary N) is 3. The van der Waals surface area contributed by atoms with Crippen LogP contribution in [-0.2, 0) is 17.4 Å². The summed E-state index contributed by atoms with van der Waals surface area (Å²) >= 11 is 0. The first-order chi connectivity index (χ1) is 17.1. The molecule has 1 heterocycles. The van der Waals surface area contributed by atoms with Gasteiger partial charge in [0, 0.05) is 31.8 Å². The molecule has 1 aliphatic rings. The molecule has 0 radical (unpaired) electrons. The van der Waals surface area contributed by atoms with E-state index in [4.69, 9.17) is 4.74 Å². The summed E-state index contributed by atoms with van der Waals surface area (Å²) in [5.41, 5.74) is -0.171. The van der Waals surface area contributed by atoms with E-state index in [2.05, 4.69) is 25.9 Å². The number of alkyl halides is 3. The smallest absolute Gasteiger partial charge is 0.419 e. The third-order valence-electron chi connectivity index (χ3n) is 6.40. The van der Waals surface area contributed by atoms with E-state index in [1.54, 1.807) is 12.1 Å². The van der Waals surface area contributed by atoms with Crippen LogP contribution in [0.4, 0.5) is 24.8 Å². The average molecular weight is 508 g/mol. The summed E-state index contributed by atoms with van der Waals surface area (Å²) < 4.78 is 46.3. The number of nitrogens with zero attached hydrogens (tertiary/aromatic N) is 2. The fourth-order valence-corrected chi connectivity index (χ4v) is 4.64. The Labute approximate surface area is 208 Å². The molecule has 196 valence electrons. The third kappa shape index (κ3) is 7.08. The molecule has 1 aromatic heterocycles. The number of carbonyl (C=O) groups is 2. The Morgan fingerprint density at radius 2 is 1.94 bits per heavy atom. The van der Waals surface area contributed by atoms with Gasteiger partial charge in [-0.25, -0.2) is 9.97 Å². The van der Waals surface area contributed by atoms with Crippen LogP contribution in [0.2, 0.25) is 0 Å². The van der Waals surface area contributed by atoms with Crippen molar-refractivity contribution in [3.8, 4) is 5.75 Å². The molecule has 0 spiro atoms. The molecule has 2 amide bonds. The Kier molecular flexibility index (Phi) is 9.11. The molecule has 36 heavy (non-hydrogen) atoms. The van der Waals surface area contributed by atoms with Crippen molar-refractivity contribution in [1.29, 1.82) is 0 Å². The number of hydrogen-bond donors (Lipinski definition) is 3. The summed E-state index contributed by atoms with van der Waals surface area (Å²) in [5.74, 6) is 0.169. The van der Waals surface area contributed by atoms with Crippen molar-refractivity contribution in [3.05, 3.63) is 41.2 Å². The first kappa shape index (κ1) is 27.2. The Hall–Kier alpha value is -3.37. The van der Waals surface area contributed by atoms with Crippen LogP contribution in [0.5, 0.6) is 5.75 Å². The Balaban J connectivity index is 1.77. The fraction of sp³-hybridized carbons (Fsp3) is 0.520. The molecular weight excluding hydrogens is 475 g/mol. The van der Waals surface area contributed by atoms with E-state index in [9.17, 15) is 22.8 Å². The van der Waals surface area contributed by atoms with Gasteiger partial charge in [0.1, 0.15) is 5.75 Å². The lowest BCUT2D eigenvalue weighted by Gasteiger charge is -2.32. The summed E-state index contributed by atoms with van der Waals surface area (Å²) in [4.78, 5) is 31.5. The second kappa shape index (κ2) is 12.0. The van der Waals surface area contributed by atoms with Gasteiger partial charge in [0.2, 0.25) is 11.9 Å². The van der Waals surface area contributed by atoms with Crippen molar-refractivity contribution in [1.82, 2.24) is 20.6 Å². The predicted molar refractivity (Wildman–Crippen MR) is 129 cm³/mol. The number of rotatable bonds is 9. The zero-order chi connectivity index (χ0) is 26.3. The molecule has 8 nitrogen and oxygen atoms in total. The summed E-state index contributed by atoms with van der Waals surface area (Å²) in [6.45, 7) is 1.48. The van der Waals surface area contributed by atoms with Crippen molar-refractivity contribution in [3.63, 3.8) is 0 Å². The molecule has 1 aromatic carbocycles. The monoisotopic (exact) mass is 507 g/mol. The molecule has 1 saturated carbocycles. The summed E-state index contributed by atoms with van der Waals surface area (Å²) in [5, 5.41) is 8.41. The van der Waals surface area contributed by atoms with Gasteiger partial charge in [0.05, 0.1) is 24.1 Å². The van der Waals surface area contributed by atoms with Gasteiger partial charge in [-0.2, -0.15) is 13.2 Å². The van der Waals surface area contributed by atoms with E-state index in [0.29, 0.717) is 29.8 Å². The zero-order valence-corrected chi connectivity index (χ0v) is 20.7. The maximum atomic E-state index is 13.7. The lowest BCUT2D eigenvalue weighted by molar-refractivity contribution is -0.138. The van der Waals surface area contributed by atoms with Crippen molar-refractivity contribution in [2.45, 2.75) is 64.1 Å². The van der Waals surface area contributed by atoms with Gasteiger partial charge in [-0.1, -0.05) is 12.8 Å². The van der Waals surface area contributed by atoms with Crippen molar-refractivity contribution >= 4 is 23.5 Å². The molecular formula is C25H32F3N5O3. The molecule has 3 rings (SSSR count). The van der Waals surface area contributed by atoms with Crippen LogP contribution in [0.1, 0.15) is 67.1 Å². The van der Waals surface area contributed by atoms with Gasteiger partial charge in [0.15, 0.2) is 0 Å². The molecule has 11 heteroatoms. The van der Waals surface area contributed by atoms with Gasteiger partial charge < -0.3 is 20.7 Å². The largest absolute Gasteiger partial charge is 0.495 e. The number of amides is 2. The fourth-order valence-electron chi connectivity index (χ4n) is 4.64. The first-order valence-electron chi connectivity index (χ1n) is 12.0. The Morgan fingerprint density at radius 3 is 2.61 bits per heavy atom. The summed E-state index contributed by atoms with van der Waals surface area (Å²) in [7, 11) is 2.93. The van der Waals surface area contributed by atoms with Gasteiger partial charge >= 0.3 is 6.18 Å². The van der Waals surface area contributed by atoms with Crippen LogP contribution in [-0.4, -0.2) is 42.0 Å². The maximum Gasteiger partial charge on any atom is 0.419 e. The number of ether oxygens (including phenoxy) is 1. The van der Waals surface area contributed by atoms with Gasteiger partial charge in [0.25, 0.3) is 5.91 Å². The van der Waals surface area contributed by atoms with E-state index >= 15 is 0 Å². The van der Waals surface area contributed by atoms with E-state index in [0.717, 1.165) is 31.9 Å². The highest BCUT2D eigenvalue weighted by Crippen LogP contribution is 2.34. The highest BCUT2D eigenvalue weighted by atomic mass is 19.4. The summed E-state index contributed by atoms with van der Waals surface area (Å²) in [6.07, 6.45) is 1.46. The second-order valence-electron chi connectivity index (χ2n) is 8.91. The molecule has 1 fully saturated rings. The average Bonchev–Trinajstić information content (AvgIpc) is 2.84.